The zero-order valence-electron chi connectivity index (χ0n) is 9.18. The van der Waals surface area contributed by atoms with Gasteiger partial charge in [0, 0.05) is 11.6 Å². The van der Waals surface area contributed by atoms with Crippen LogP contribution >= 0.6 is 11.6 Å². The van der Waals surface area contributed by atoms with Gasteiger partial charge >= 0.3 is 6.03 Å². The van der Waals surface area contributed by atoms with Crippen LogP contribution in [0.2, 0.25) is 5.02 Å². The van der Waals surface area contributed by atoms with Crippen LogP contribution in [0.25, 0.3) is 0 Å². The van der Waals surface area contributed by atoms with E-state index in [0.29, 0.717) is 5.02 Å². The molecule has 0 radical (unpaired) electrons. The largest absolute Gasteiger partial charge is 0.336 e. The van der Waals surface area contributed by atoms with E-state index in [1.807, 2.05) is 10.8 Å². The number of carbonyl (C=O) groups is 1. The van der Waals surface area contributed by atoms with Crippen LogP contribution in [-0.4, -0.2) is 21.0 Å². The Morgan fingerprint density at radius 3 is 2.50 bits per heavy atom. The highest BCUT2D eigenvalue weighted by Crippen LogP contribution is 2.13. The fourth-order valence-corrected chi connectivity index (χ4v) is 2.12. The van der Waals surface area contributed by atoms with Gasteiger partial charge in [0.15, 0.2) is 0 Å². The van der Waals surface area contributed by atoms with Gasteiger partial charge in [-0.05, 0) is 24.3 Å². The van der Waals surface area contributed by atoms with Gasteiger partial charge in [0.25, 0.3) is 10.0 Å². The van der Waals surface area contributed by atoms with E-state index in [4.69, 9.17) is 16.9 Å². The zero-order chi connectivity index (χ0) is 13.6. The van der Waals surface area contributed by atoms with E-state index in [9.17, 15) is 13.2 Å². The molecule has 1 rings (SSSR count). The van der Waals surface area contributed by atoms with E-state index in [1.54, 1.807) is 0 Å². The van der Waals surface area contributed by atoms with Gasteiger partial charge in [0.05, 0.1) is 17.4 Å². The summed E-state index contributed by atoms with van der Waals surface area (Å²) in [5.74, 6) is 0. The summed E-state index contributed by atoms with van der Waals surface area (Å²) in [5, 5.41) is 10.9. The van der Waals surface area contributed by atoms with E-state index in [-0.39, 0.29) is 17.9 Å². The first-order valence-electron chi connectivity index (χ1n) is 4.89. The van der Waals surface area contributed by atoms with Crippen molar-refractivity contribution in [1.82, 2.24) is 10.0 Å². The van der Waals surface area contributed by atoms with Crippen molar-refractivity contribution in [3.8, 4) is 6.07 Å². The van der Waals surface area contributed by atoms with Crippen molar-refractivity contribution in [3.63, 3.8) is 0 Å². The molecule has 96 valence electrons. The standard InChI is InChI=1S/C10H10ClN3O3S/c11-8-2-4-9(5-3-8)18(16,17)14-10(15)13-7-1-6-12/h2-5H,1,7H2,(H2,13,14,15). The Balaban J connectivity index is 2.68. The van der Waals surface area contributed by atoms with Gasteiger partial charge in [-0.15, -0.1) is 0 Å². The van der Waals surface area contributed by atoms with Crippen LogP contribution < -0.4 is 10.0 Å². The molecule has 0 spiro atoms. The molecule has 0 aliphatic heterocycles. The van der Waals surface area contributed by atoms with Gasteiger partial charge in [-0.25, -0.2) is 17.9 Å². The lowest BCUT2D eigenvalue weighted by Crippen LogP contribution is -2.39. The van der Waals surface area contributed by atoms with Crippen LogP contribution in [-0.2, 0) is 10.0 Å². The topological polar surface area (TPSA) is 99.1 Å². The minimum absolute atomic E-state index is 0.0673. The van der Waals surface area contributed by atoms with Crippen LogP contribution in [0.1, 0.15) is 6.42 Å². The van der Waals surface area contributed by atoms with Gasteiger partial charge in [-0.1, -0.05) is 11.6 Å². The third-order valence-electron chi connectivity index (χ3n) is 1.87. The molecular weight excluding hydrogens is 278 g/mol. The third-order valence-corrected chi connectivity index (χ3v) is 3.47. The summed E-state index contributed by atoms with van der Waals surface area (Å²) in [6, 6.07) is 6.33. The predicted octanol–water partition coefficient (Wildman–Crippen LogP) is 1.24. The Morgan fingerprint density at radius 2 is 1.94 bits per heavy atom. The lowest BCUT2D eigenvalue weighted by atomic mass is 10.4. The van der Waals surface area contributed by atoms with E-state index in [1.165, 1.54) is 24.3 Å². The Kier molecular flexibility index (Phi) is 4.95. The number of hydrogen-bond donors (Lipinski definition) is 2. The highest BCUT2D eigenvalue weighted by atomic mass is 35.5. The van der Waals surface area contributed by atoms with Crippen molar-refractivity contribution in [2.75, 3.05) is 6.54 Å². The zero-order valence-corrected chi connectivity index (χ0v) is 10.8. The lowest BCUT2D eigenvalue weighted by molar-refractivity contribution is 0.246. The molecule has 0 saturated heterocycles. The van der Waals surface area contributed by atoms with Gasteiger partial charge in [0.2, 0.25) is 0 Å². The van der Waals surface area contributed by atoms with E-state index in [2.05, 4.69) is 5.32 Å². The molecule has 0 unspecified atom stereocenters. The smallest absolute Gasteiger partial charge is 0.328 e. The maximum atomic E-state index is 11.7. The maximum absolute atomic E-state index is 11.7. The second kappa shape index (κ2) is 6.23. The van der Waals surface area contributed by atoms with E-state index < -0.39 is 16.1 Å². The van der Waals surface area contributed by atoms with Crippen LogP contribution in [0.3, 0.4) is 0 Å². The molecule has 1 aromatic carbocycles. The molecule has 0 aliphatic rings. The van der Waals surface area contributed by atoms with Crippen molar-refractivity contribution >= 4 is 27.7 Å². The van der Waals surface area contributed by atoms with Gasteiger partial charge in [-0.2, -0.15) is 5.26 Å². The minimum atomic E-state index is -3.92. The normalized spacial score (nSPS) is 10.4. The number of nitriles is 1. The highest BCUT2D eigenvalue weighted by Gasteiger charge is 2.16. The molecular formula is C10H10ClN3O3S. The van der Waals surface area contributed by atoms with Gasteiger partial charge < -0.3 is 5.32 Å². The number of carbonyl (C=O) groups excluding carboxylic acids is 1. The van der Waals surface area contributed by atoms with Crippen LogP contribution in [0.15, 0.2) is 29.2 Å². The van der Waals surface area contributed by atoms with Crippen molar-refractivity contribution in [2.24, 2.45) is 0 Å². The quantitative estimate of drug-likeness (QED) is 0.814. The number of nitrogens with one attached hydrogen (secondary N) is 2. The molecule has 8 heteroatoms. The first-order chi connectivity index (χ1) is 8.45. The first-order valence-corrected chi connectivity index (χ1v) is 6.75. The van der Waals surface area contributed by atoms with Gasteiger partial charge in [-0.3, -0.25) is 0 Å². The Hall–Kier alpha value is -1.78. The Labute approximate surface area is 110 Å². The lowest BCUT2D eigenvalue weighted by Gasteiger charge is -2.07. The molecule has 18 heavy (non-hydrogen) atoms. The van der Waals surface area contributed by atoms with Crippen molar-refractivity contribution in [1.29, 1.82) is 5.26 Å². The molecule has 2 amide bonds. The highest BCUT2D eigenvalue weighted by molar-refractivity contribution is 7.90. The fraction of sp³-hybridized carbons (Fsp3) is 0.200. The average Bonchev–Trinajstić information content (AvgIpc) is 2.29. The molecule has 0 heterocycles. The van der Waals surface area contributed by atoms with Crippen LogP contribution in [0.4, 0.5) is 4.79 Å². The predicted molar refractivity (Wildman–Crippen MR) is 65.4 cm³/mol. The van der Waals surface area contributed by atoms with Crippen molar-refractivity contribution in [3.05, 3.63) is 29.3 Å². The van der Waals surface area contributed by atoms with Crippen molar-refractivity contribution in [2.45, 2.75) is 11.3 Å². The number of nitrogens with zero attached hydrogens (tertiary/aromatic N) is 1. The molecule has 0 aliphatic carbocycles. The number of urea groups is 1. The van der Waals surface area contributed by atoms with Crippen LogP contribution in [0.5, 0.6) is 0 Å². The van der Waals surface area contributed by atoms with Gasteiger partial charge in [0.1, 0.15) is 0 Å². The molecule has 0 saturated carbocycles. The summed E-state index contributed by atoms with van der Waals surface area (Å²) >= 11 is 5.63. The molecule has 6 nitrogen and oxygen atoms in total. The number of benzene rings is 1. The first kappa shape index (κ1) is 14.3. The second-order valence-electron chi connectivity index (χ2n) is 3.22. The van der Waals surface area contributed by atoms with E-state index in [0.717, 1.165) is 0 Å². The monoisotopic (exact) mass is 287 g/mol. The van der Waals surface area contributed by atoms with E-state index >= 15 is 0 Å². The third kappa shape index (κ3) is 4.24. The molecule has 0 fully saturated rings. The second-order valence-corrected chi connectivity index (χ2v) is 5.34. The summed E-state index contributed by atoms with van der Waals surface area (Å²) in [6.45, 7) is 0.0818. The number of amides is 2. The molecule has 2 N–H and O–H groups in total. The molecule has 1 aromatic rings. The number of hydrogen-bond acceptors (Lipinski definition) is 4. The Morgan fingerprint density at radius 1 is 1.33 bits per heavy atom. The SMILES string of the molecule is N#CCCNC(=O)NS(=O)(=O)c1ccc(Cl)cc1. The summed E-state index contributed by atoms with van der Waals surface area (Å²) in [6.07, 6.45) is 0.106. The average molecular weight is 288 g/mol. The Bertz CT molecular complexity index is 563. The summed E-state index contributed by atoms with van der Waals surface area (Å²) in [5.41, 5.74) is 0. The summed E-state index contributed by atoms with van der Waals surface area (Å²) < 4.78 is 25.2. The number of halogens is 1. The molecule has 0 bridgehead atoms. The summed E-state index contributed by atoms with van der Waals surface area (Å²) in [7, 11) is -3.92. The molecule has 0 aromatic heterocycles. The number of rotatable bonds is 4. The molecule has 0 atom stereocenters. The van der Waals surface area contributed by atoms with Crippen molar-refractivity contribution < 1.29 is 13.2 Å². The number of sulfonamides is 1. The summed E-state index contributed by atoms with van der Waals surface area (Å²) in [4.78, 5) is 11.2. The minimum Gasteiger partial charge on any atom is -0.336 e. The van der Waals surface area contributed by atoms with Crippen LogP contribution in [0, 0.1) is 11.3 Å². The maximum Gasteiger partial charge on any atom is 0.328 e. The fourth-order valence-electron chi connectivity index (χ4n) is 1.06.